The van der Waals surface area contributed by atoms with E-state index in [1.54, 1.807) is 7.05 Å². The van der Waals surface area contributed by atoms with Crippen molar-refractivity contribution in [2.45, 2.75) is 39.0 Å². The number of carbonyl (C=O) groups is 1. The van der Waals surface area contributed by atoms with Crippen molar-refractivity contribution in [3.63, 3.8) is 0 Å². The number of amides is 1. The van der Waals surface area contributed by atoms with Crippen LogP contribution in [0.3, 0.4) is 0 Å². The SMILES string of the molecule is CCCCCc1ccc(CC(=O)NC)cc1. The molecule has 0 aliphatic rings. The predicted octanol–water partition coefficient (Wildman–Crippen LogP) is 2.71. The highest BCUT2D eigenvalue weighted by Gasteiger charge is 2.00. The van der Waals surface area contributed by atoms with Gasteiger partial charge in [-0.15, -0.1) is 0 Å². The third kappa shape index (κ3) is 4.47. The Morgan fingerprint density at radius 3 is 2.31 bits per heavy atom. The summed E-state index contributed by atoms with van der Waals surface area (Å²) in [5, 5.41) is 2.63. The number of rotatable bonds is 6. The van der Waals surface area contributed by atoms with Crippen LogP contribution in [0.25, 0.3) is 0 Å². The van der Waals surface area contributed by atoms with Crippen molar-refractivity contribution in [3.8, 4) is 0 Å². The standard InChI is InChI=1S/C14H21NO/c1-3-4-5-6-12-7-9-13(10-8-12)11-14(16)15-2/h7-10H,3-6,11H2,1-2H3,(H,15,16). The molecule has 0 radical (unpaired) electrons. The van der Waals surface area contributed by atoms with E-state index in [9.17, 15) is 4.79 Å². The molecule has 2 heteroatoms. The number of unbranched alkanes of at least 4 members (excludes halogenated alkanes) is 2. The molecule has 0 spiro atoms. The lowest BCUT2D eigenvalue weighted by Crippen LogP contribution is -2.19. The monoisotopic (exact) mass is 219 g/mol. The number of benzene rings is 1. The normalized spacial score (nSPS) is 10.1. The zero-order valence-corrected chi connectivity index (χ0v) is 10.3. The first-order valence-corrected chi connectivity index (χ1v) is 6.04. The molecular formula is C14H21NO. The molecule has 0 aromatic heterocycles. The predicted molar refractivity (Wildman–Crippen MR) is 67.4 cm³/mol. The smallest absolute Gasteiger partial charge is 0.224 e. The number of likely N-dealkylation sites (N-methyl/N-ethyl adjacent to an activating group) is 1. The van der Waals surface area contributed by atoms with Crippen LogP contribution in [-0.2, 0) is 17.6 Å². The molecule has 0 saturated carbocycles. The molecule has 0 unspecified atom stereocenters. The lowest BCUT2D eigenvalue weighted by atomic mass is 10.0. The summed E-state index contributed by atoms with van der Waals surface area (Å²) in [5.74, 6) is 0.0683. The zero-order valence-electron chi connectivity index (χ0n) is 10.3. The van der Waals surface area contributed by atoms with Gasteiger partial charge in [-0.1, -0.05) is 44.0 Å². The van der Waals surface area contributed by atoms with Gasteiger partial charge in [0.15, 0.2) is 0 Å². The minimum atomic E-state index is 0.0683. The highest BCUT2D eigenvalue weighted by molar-refractivity contribution is 5.78. The Bertz CT molecular complexity index is 316. The second-order valence-corrected chi connectivity index (χ2v) is 4.12. The van der Waals surface area contributed by atoms with E-state index in [4.69, 9.17) is 0 Å². The minimum absolute atomic E-state index is 0.0683. The molecule has 1 aromatic rings. The van der Waals surface area contributed by atoms with Crippen LogP contribution < -0.4 is 5.32 Å². The van der Waals surface area contributed by atoms with Crippen molar-refractivity contribution in [1.82, 2.24) is 5.32 Å². The highest BCUT2D eigenvalue weighted by Crippen LogP contribution is 2.09. The van der Waals surface area contributed by atoms with Gasteiger partial charge in [0.05, 0.1) is 6.42 Å². The molecule has 0 heterocycles. The maximum Gasteiger partial charge on any atom is 0.224 e. The second kappa shape index (κ2) is 7.04. The van der Waals surface area contributed by atoms with E-state index in [2.05, 4.69) is 36.5 Å². The van der Waals surface area contributed by atoms with Gasteiger partial charge in [0.1, 0.15) is 0 Å². The van der Waals surface area contributed by atoms with Gasteiger partial charge in [-0.05, 0) is 24.0 Å². The van der Waals surface area contributed by atoms with Gasteiger partial charge in [0.25, 0.3) is 0 Å². The third-order valence-corrected chi connectivity index (χ3v) is 2.74. The van der Waals surface area contributed by atoms with Crippen LogP contribution >= 0.6 is 0 Å². The first-order chi connectivity index (χ1) is 7.76. The number of nitrogens with one attached hydrogen (secondary N) is 1. The molecule has 1 aromatic carbocycles. The minimum Gasteiger partial charge on any atom is -0.359 e. The van der Waals surface area contributed by atoms with Gasteiger partial charge in [0.2, 0.25) is 5.91 Å². The van der Waals surface area contributed by atoms with E-state index in [1.165, 1.54) is 24.8 Å². The maximum absolute atomic E-state index is 11.2. The van der Waals surface area contributed by atoms with Gasteiger partial charge >= 0.3 is 0 Å². The Kier molecular flexibility index (Phi) is 5.62. The van der Waals surface area contributed by atoms with Crippen LogP contribution in [0.4, 0.5) is 0 Å². The molecule has 0 aliphatic heterocycles. The average Bonchev–Trinajstić information content (AvgIpc) is 2.31. The molecule has 1 N–H and O–H groups in total. The molecular weight excluding hydrogens is 198 g/mol. The van der Waals surface area contributed by atoms with Gasteiger partial charge < -0.3 is 5.32 Å². The number of hydrogen-bond donors (Lipinski definition) is 1. The Morgan fingerprint density at radius 2 is 1.75 bits per heavy atom. The maximum atomic E-state index is 11.2. The van der Waals surface area contributed by atoms with Gasteiger partial charge in [-0.25, -0.2) is 0 Å². The van der Waals surface area contributed by atoms with Gasteiger partial charge in [-0.3, -0.25) is 4.79 Å². The summed E-state index contributed by atoms with van der Waals surface area (Å²) in [5.41, 5.74) is 2.45. The molecule has 16 heavy (non-hydrogen) atoms. The molecule has 88 valence electrons. The van der Waals surface area contributed by atoms with E-state index < -0.39 is 0 Å². The summed E-state index contributed by atoms with van der Waals surface area (Å²) < 4.78 is 0. The molecule has 0 fully saturated rings. The van der Waals surface area contributed by atoms with Crippen LogP contribution in [0, 0.1) is 0 Å². The molecule has 0 bridgehead atoms. The zero-order chi connectivity index (χ0) is 11.8. The summed E-state index contributed by atoms with van der Waals surface area (Å²) >= 11 is 0. The molecule has 1 amide bonds. The lowest BCUT2D eigenvalue weighted by molar-refractivity contribution is -0.119. The third-order valence-electron chi connectivity index (χ3n) is 2.74. The van der Waals surface area contributed by atoms with Crippen LogP contribution in [0.2, 0.25) is 0 Å². The van der Waals surface area contributed by atoms with Crippen molar-refractivity contribution in [2.24, 2.45) is 0 Å². The quantitative estimate of drug-likeness (QED) is 0.732. The Balaban J connectivity index is 2.44. The van der Waals surface area contributed by atoms with E-state index in [-0.39, 0.29) is 5.91 Å². The summed E-state index contributed by atoms with van der Waals surface area (Å²) in [6.45, 7) is 2.21. The summed E-state index contributed by atoms with van der Waals surface area (Å²) in [7, 11) is 1.67. The van der Waals surface area contributed by atoms with Crippen LogP contribution in [0.5, 0.6) is 0 Å². The fourth-order valence-corrected chi connectivity index (χ4v) is 1.68. The fourth-order valence-electron chi connectivity index (χ4n) is 1.68. The molecule has 0 atom stereocenters. The summed E-state index contributed by atoms with van der Waals surface area (Å²) in [6, 6.07) is 8.37. The van der Waals surface area contributed by atoms with Crippen molar-refractivity contribution in [3.05, 3.63) is 35.4 Å². The molecule has 0 aliphatic carbocycles. The van der Waals surface area contributed by atoms with Crippen LogP contribution in [-0.4, -0.2) is 13.0 Å². The van der Waals surface area contributed by atoms with Gasteiger partial charge in [-0.2, -0.15) is 0 Å². The Hall–Kier alpha value is -1.31. The summed E-state index contributed by atoms with van der Waals surface area (Å²) in [6.07, 6.45) is 5.43. The van der Waals surface area contributed by atoms with E-state index >= 15 is 0 Å². The Labute approximate surface area is 98.1 Å². The molecule has 1 rings (SSSR count). The van der Waals surface area contributed by atoms with Crippen LogP contribution in [0.1, 0.15) is 37.3 Å². The number of carbonyl (C=O) groups excluding carboxylic acids is 1. The summed E-state index contributed by atoms with van der Waals surface area (Å²) in [4.78, 5) is 11.2. The average molecular weight is 219 g/mol. The van der Waals surface area contributed by atoms with Crippen molar-refractivity contribution in [2.75, 3.05) is 7.05 Å². The fraction of sp³-hybridized carbons (Fsp3) is 0.500. The lowest BCUT2D eigenvalue weighted by Gasteiger charge is -2.03. The first kappa shape index (κ1) is 12.8. The van der Waals surface area contributed by atoms with E-state index in [0.29, 0.717) is 6.42 Å². The van der Waals surface area contributed by atoms with Crippen molar-refractivity contribution < 1.29 is 4.79 Å². The second-order valence-electron chi connectivity index (χ2n) is 4.12. The first-order valence-electron chi connectivity index (χ1n) is 6.04. The highest BCUT2D eigenvalue weighted by atomic mass is 16.1. The largest absolute Gasteiger partial charge is 0.359 e. The van der Waals surface area contributed by atoms with E-state index in [0.717, 1.165) is 12.0 Å². The number of hydrogen-bond acceptors (Lipinski definition) is 1. The Morgan fingerprint density at radius 1 is 1.12 bits per heavy atom. The van der Waals surface area contributed by atoms with Crippen molar-refractivity contribution >= 4 is 5.91 Å². The molecule has 0 saturated heterocycles. The van der Waals surface area contributed by atoms with Crippen molar-refractivity contribution in [1.29, 1.82) is 0 Å². The van der Waals surface area contributed by atoms with E-state index in [1.807, 2.05) is 0 Å². The topological polar surface area (TPSA) is 29.1 Å². The van der Waals surface area contributed by atoms with Gasteiger partial charge in [0, 0.05) is 7.05 Å². The molecule has 2 nitrogen and oxygen atoms in total. The number of aryl methyl sites for hydroxylation is 1. The van der Waals surface area contributed by atoms with Crippen LogP contribution in [0.15, 0.2) is 24.3 Å².